The number of hydrogen-bond donors (Lipinski definition) is 2. The Bertz CT molecular complexity index is 467. The minimum absolute atomic E-state index is 0. The molecule has 4 nitrogen and oxygen atoms in total. The summed E-state index contributed by atoms with van der Waals surface area (Å²) >= 11 is 0. The number of halogens is 3. The van der Waals surface area contributed by atoms with Gasteiger partial charge in [0.25, 0.3) is 0 Å². The Kier molecular flexibility index (Phi) is 6.97. The molecule has 1 aromatic carbocycles. The van der Waals surface area contributed by atoms with Crippen molar-refractivity contribution in [2.75, 3.05) is 20.2 Å². The predicted octanol–water partition coefficient (Wildman–Crippen LogP) is 2.29. The van der Waals surface area contributed by atoms with Gasteiger partial charge in [-0.3, -0.25) is 4.99 Å². The Labute approximate surface area is 134 Å². The minimum Gasteiger partial charge on any atom is -0.489 e. The van der Waals surface area contributed by atoms with E-state index in [-0.39, 0.29) is 36.3 Å². The van der Waals surface area contributed by atoms with Gasteiger partial charge in [0.05, 0.1) is 6.54 Å². The van der Waals surface area contributed by atoms with Crippen LogP contribution in [0.25, 0.3) is 0 Å². The van der Waals surface area contributed by atoms with Gasteiger partial charge in [-0.25, -0.2) is 8.78 Å². The number of guanidine groups is 1. The molecule has 0 heterocycles. The number of hydrogen-bond acceptors (Lipinski definition) is 2. The van der Waals surface area contributed by atoms with Crippen molar-refractivity contribution < 1.29 is 13.5 Å². The van der Waals surface area contributed by atoms with Crippen molar-refractivity contribution in [2.45, 2.75) is 18.9 Å². The SMILES string of the molecule is CN=C(NCCOc1ccc(F)cc1F)NC1CC1.I. The van der Waals surface area contributed by atoms with Crippen LogP contribution < -0.4 is 15.4 Å². The molecule has 0 aromatic heterocycles. The molecule has 0 aliphatic heterocycles. The molecule has 0 unspecified atom stereocenters. The molecule has 0 radical (unpaired) electrons. The lowest BCUT2D eigenvalue weighted by Crippen LogP contribution is -2.40. The van der Waals surface area contributed by atoms with E-state index in [2.05, 4.69) is 15.6 Å². The van der Waals surface area contributed by atoms with Crippen molar-refractivity contribution in [2.24, 2.45) is 4.99 Å². The van der Waals surface area contributed by atoms with E-state index in [0.717, 1.165) is 18.9 Å². The highest BCUT2D eigenvalue weighted by Crippen LogP contribution is 2.18. The van der Waals surface area contributed by atoms with E-state index in [0.29, 0.717) is 18.5 Å². The van der Waals surface area contributed by atoms with Crippen LogP contribution in [0.1, 0.15) is 12.8 Å². The molecule has 2 N–H and O–H groups in total. The zero-order chi connectivity index (χ0) is 13.7. The number of nitrogens with zero attached hydrogens (tertiary/aromatic N) is 1. The molecule has 112 valence electrons. The molecule has 1 fully saturated rings. The van der Waals surface area contributed by atoms with Gasteiger partial charge in [-0.15, -0.1) is 24.0 Å². The van der Waals surface area contributed by atoms with Gasteiger partial charge in [0, 0.05) is 19.2 Å². The zero-order valence-corrected chi connectivity index (χ0v) is 13.5. The van der Waals surface area contributed by atoms with Crippen LogP contribution in [0.3, 0.4) is 0 Å². The highest BCUT2D eigenvalue weighted by molar-refractivity contribution is 14.0. The monoisotopic (exact) mass is 397 g/mol. The maximum Gasteiger partial charge on any atom is 0.191 e. The van der Waals surface area contributed by atoms with Gasteiger partial charge in [0.2, 0.25) is 0 Å². The topological polar surface area (TPSA) is 45.7 Å². The molecule has 1 aliphatic carbocycles. The van der Waals surface area contributed by atoms with Gasteiger partial charge >= 0.3 is 0 Å². The Balaban J connectivity index is 0.00000200. The number of aliphatic imine (C=N–C) groups is 1. The molecular weight excluding hydrogens is 379 g/mol. The van der Waals surface area contributed by atoms with E-state index in [1.807, 2.05) is 0 Å². The molecule has 0 saturated heterocycles. The maximum absolute atomic E-state index is 13.3. The summed E-state index contributed by atoms with van der Waals surface area (Å²) in [5.41, 5.74) is 0. The van der Waals surface area contributed by atoms with Crippen molar-refractivity contribution in [1.29, 1.82) is 0 Å². The van der Waals surface area contributed by atoms with E-state index >= 15 is 0 Å². The summed E-state index contributed by atoms with van der Waals surface area (Å²) in [6.45, 7) is 0.761. The first kappa shape index (κ1) is 16.9. The van der Waals surface area contributed by atoms with Crippen LogP contribution in [0.4, 0.5) is 8.78 Å². The normalized spacial score (nSPS) is 14.4. The average Bonchev–Trinajstić information content (AvgIpc) is 3.19. The molecule has 1 aromatic rings. The van der Waals surface area contributed by atoms with Crippen LogP contribution in [0.15, 0.2) is 23.2 Å². The maximum atomic E-state index is 13.3. The molecule has 1 aliphatic rings. The van der Waals surface area contributed by atoms with Gasteiger partial charge in [-0.2, -0.15) is 0 Å². The first-order valence-corrected chi connectivity index (χ1v) is 6.24. The third kappa shape index (κ3) is 5.48. The molecule has 0 atom stereocenters. The summed E-state index contributed by atoms with van der Waals surface area (Å²) in [4.78, 5) is 4.06. The standard InChI is InChI=1S/C13H17F2N3O.HI/c1-16-13(18-10-3-4-10)17-6-7-19-12-5-2-9(14)8-11(12)15;/h2,5,8,10H,3-4,6-7H2,1H3,(H2,16,17,18);1H. The second kappa shape index (κ2) is 8.23. The van der Waals surface area contributed by atoms with E-state index in [4.69, 9.17) is 4.74 Å². The lowest BCUT2D eigenvalue weighted by atomic mass is 10.3. The van der Waals surface area contributed by atoms with Crippen LogP contribution in [-0.4, -0.2) is 32.2 Å². The second-order valence-electron chi connectivity index (χ2n) is 4.34. The largest absolute Gasteiger partial charge is 0.489 e. The fourth-order valence-electron chi connectivity index (χ4n) is 1.54. The summed E-state index contributed by atoms with van der Waals surface area (Å²) in [7, 11) is 1.69. The molecule has 0 bridgehead atoms. The van der Waals surface area contributed by atoms with E-state index in [1.54, 1.807) is 7.05 Å². The summed E-state index contributed by atoms with van der Waals surface area (Å²) in [5.74, 6) is -0.545. The van der Waals surface area contributed by atoms with E-state index < -0.39 is 11.6 Å². The van der Waals surface area contributed by atoms with Crippen LogP contribution in [-0.2, 0) is 0 Å². The smallest absolute Gasteiger partial charge is 0.191 e. The quantitative estimate of drug-likeness (QED) is 0.347. The lowest BCUT2D eigenvalue weighted by molar-refractivity contribution is 0.304. The molecule has 20 heavy (non-hydrogen) atoms. The Hall–Kier alpha value is -1.12. The fourth-order valence-corrected chi connectivity index (χ4v) is 1.54. The lowest BCUT2D eigenvalue weighted by Gasteiger charge is -2.12. The fraction of sp³-hybridized carbons (Fsp3) is 0.462. The molecule has 1 saturated carbocycles. The number of benzene rings is 1. The third-order valence-electron chi connectivity index (χ3n) is 2.69. The van der Waals surface area contributed by atoms with E-state index in [1.165, 1.54) is 12.1 Å². The molecule has 2 rings (SSSR count). The third-order valence-corrected chi connectivity index (χ3v) is 2.69. The predicted molar refractivity (Wildman–Crippen MR) is 84.8 cm³/mol. The average molecular weight is 397 g/mol. The molecule has 0 spiro atoms. The van der Waals surface area contributed by atoms with Gasteiger partial charge in [-0.05, 0) is 25.0 Å². The van der Waals surface area contributed by atoms with Crippen LogP contribution in [0, 0.1) is 11.6 Å². The Morgan fingerprint density at radius 3 is 2.75 bits per heavy atom. The summed E-state index contributed by atoms with van der Waals surface area (Å²) < 4.78 is 31.2. The second-order valence-corrected chi connectivity index (χ2v) is 4.34. The van der Waals surface area contributed by atoms with Crippen molar-refractivity contribution in [3.05, 3.63) is 29.8 Å². The van der Waals surface area contributed by atoms with Gasteiger partial charge in [0.15, 0.2) is 17.5 Å². The summed E-state index contributed by atoms with van der Waals surface area (Å²) in [6, 6.07) is 3.76. The highest BCUT2D eigenvalue weighted by Gasteiger charge is 2.21. The number of ether oxygens (including phenoxy) is 1. The van der Waals surface area contributed by atoms with Gasteiger partial charge < -0.3 is 15.4 Å². The van der Waals surface area contributed by atoms with Crippen LogP contribution >= 0.6 is 24.0 Å². The molecular formula is C13H18F2IN3O. The highest BCUT2D eigenvalue weighted by atomic mass is 127. The van der Waals surface area contributed by atoms with Crippen molar-refractivity contribution in [1.82, 2.24) is 10.6 Å². The number of nitrogens with one attached hydrogen (secondary N) is 2. The van der Waals surface area contributed by atoms with E-state index in [9.17, 15) is 8.78 Å². The Morgan fingerprint density at radius 1 is 1.40 bits per heavy atom. The van der Waals surface area contributed by atoms with Crippen LogP contribution in [0.5, 0.6) is 5.75 Å². The number of rotatable bonds is 5. The summed E-state index contributed by atoms with van der Waals surface area (Å²) in [5, 5.41) is 6.28. The van der Waals surface area contributed by atoms with Gasteiger partial charge in [-0.1, -0.05) is 0 Å². The molecule has 7 heteroatoms. The van der Waals surface area contributed by atoms with Crippen molar-refractivity contribution in [3.63, 3.8) is 0 Å². The first-order valence-electron chi connectivity index (χ1n) is 6.24. The van der Waals surface area contributed by atoms with Crippen molar-refractivity contribution >= 4 is 29.9 Å². The molecule has 0 amide bonds. The van der Waals surface area contributed by atoms with Crippen molar-refractivity contribution in [3.8, 4) is 5.75 Å². The Morgan fingerprint density at radius 2 is 2.15 bits per heavy atom. The zero-order valence-electron chi connectivity index (χ0n) is 11.2. The van der Waals surface area contributed by atoms with Gasteiger partial charge in [0.1, 0.15) is 12.4 Å². The minimum atomic E-state index is -0.694. The van der Waals surface area contributed by atoms with Crippen LogP contribution in [0.2, 0.25) is 0 Å². The first-order chi connectivity index (χ1) is 9.19. The summed E-state index contributed by atoms with van der Waals surface area (Å²) in [6.07, 6.45) is 2.33.